The number of esters is 1. The zero-order valence-electron chi connectivity index (χ0n) is 5.98. The highest BCUT2D eigenvalue weighted by Gasteiger charge is 2.09. The number of hydrogen-bond acceptors (Lipinski definition) is 4. The van der Waals surface area contributed by atoms with E-state index in [2.05, 4.69) is 9.73 Å². The van der Waals surface area contributed by atoms with Crippen LogP contribution in [0.2, 0.25) is 0 Å². The van der Waals surface area contributed by atoms with E-state index in [1.807, 2.05) is 0 Å². The second-order valence-corrected chi connectivity index (χ2v) is 1.73. The molecule has 1 aliphatic rings. The summed E-state index contributed by atoms with van der Waals surface area (Å²) in [4.78, 5) is 14.5. The first-order valence-corrected chi connectivity index (χ1v) is 2.98. The summed E-state index contributed by atoms with van der Waals surface area (Å²) in [7, 11) is 1.28. The van der Waals surface area contributed by atoms with Crippen LogP contribution in [0.5, 0.6) is 0 Å². The fourth-order valence-electron chi connectivity index (χ4n) is 0.540. The van der Waals surface area contributed by atoms with Crippen molar-refractivity contribution in [3.63, 3.8) is 0 Å². The Bertz CT molecular complexity index is 240. The maximum atomic E-state index is 10.8. The number of nitrogens with zero attached hydrogens (tertiary/aromatic N) is 1. The molecular weight excluding hydrogens is 146 g/mol. The van der Waals surface area contributed by atoms with Crippen LogP contribution in [0.1, 0.15) is 0 Å². The summed E-state index contributed by atoms with van der Waals surface area (Å²) in [5.74, 6) is -0.453. The molecule has 0 aromatic carbocycles. The highest BCUT2D eigenvalue weighted by atomic mass is 16.6. The lowest BCUT2D eigenvalue weighted by molar-refractivity contribution is -0.139. The van der Waals surface area contributed by atoms with Gasteiger partial charge in [-0.25, -0.2) is 4.79 Å². The van der Waals surface area contributed by atoms with Crippen LogP contribution >= 0.6 is 0 Å². The summed E-state index contributed by atoms with van der Waals surface area (Å²) in [6.45, 7) is 0. The third-order valence-corrected chi connectivity index (χ3v) is 1.02. The van der Waals surface area contributed by atoms with Crippen molar-refractivity contribution in [2.45, 2.75) is 0 Å². The van der Waals surface area contributed by atoms with Gasteiger partial charge in [-0.2, -0.15) is 0 Å². The lowest BCUT2D eigenvalue weighted by Crippen LogP contribution is -2.05. The molecule has 0 aliphatic carbocycles. The third-order valence-electron chi connectivity index (χ3n) is 1.02. The fourth-order valence-corrected chi connectivity index (χ4v) is 0.540. The van der Waals surface area contributed by atoms with Gasteiger partial charge in [-0.3, -0.25) is 4.99 Å². The molecule has 0 aromatic rings. The quantitative estimate of drug-likeness (QED) is 0.518. The first-order valence-electron chi connectivity index (χ1n) is 2.98. The van der Waals surface area contributed by atoms with E-state index in [4.69, 9.17) is 4.74 Å². The van der Waals surface area contributed by atoms with Gasteiger partial charge in [0.05, 0.1) is 19.6 Å². The van der Waals surface area contributed by atoms with Gasteiger partial charge < -0.3 is 9.47 Å². The molecule has 0 radical (unpaired) electrons. The molecule has 0 fully saturated rings. The fraction of sp³-hybridized carbons (Fsp3) is 0.143. The average Bonchev–Trinajstić information content (AvgIpc) is 2.30. The Balaban J connectivity index is 2.72. The lowest BCUT2D eigenvalue weighted by Gasteiger charge is -1.99. The second kappa shape index (κ2) is 3.55. The molecule has 4 heteroatoms. The Morgan fingerprint density at radius 2 is 2.55 bits per heavy atom. The van der Waals surface area contributed by atoms with E-state index < -0.39 is 5.97 Å². The van der Waals surface area contributed by atoms with Gasteiger partial charge in [0.15, 0.2) is 0 Å². The molecule has 58 valence electrons. The van der Waals surface area contributed by atoms with Gasteiger partial charge in [0.1, 0.15) is 0 Å². The Morgan fingerprint density at radius 1 is 1.73 bits per heavy atom. The molecule has 0 N–H and O–H groups in total. The largest absolute Gasteiger partial charge is 0.463 e. The highest BCUT2D eigenvalue weighted by molar-refractivity contribution is 5.87. The molecule has 0 spiro atoms. The third kappa shape index (κ3) is 1.93. The Hall–Kier alpha value is -1.58. The molecule has 0 saturated carbocycles. The number of methoxy groups -OCH3 is 1. The molecule has 0 atom stereocenters. The number of carbonyl (C=O) groups excluding carboxylic acids is 1. The van der Waals surface area contributed by atoms with Gasteiger partial charge in [-0.15, -0.1) is 0 Å². The van der Waals surface area contributed by atoms with Crippen LogP contribution in [0.15, 0.2) is 29.3 Å². The zero-order chi connectivity index (χ0) is 8.10. The maximum Gasteiger partial charge on any atom is 0.375 e. The molecule has 1 heterocycles. The predicted molar refractivity (Wildman–Crippen MR) is 38.8 cm³/mol. The highest BCUT2D eigenvalue weighted by Crippen LogP contribution is 2.02. The van der Waals surface area contributed by atoms with Crippen LogP contribution in [-0.2, 0) is 14.3 Å². The molecular formula is C7H7NO3. The van der Waals surface area contributed by atoms with Crippen molar-refractivity contribution in [3.05, 3.63) is 24.3 Å². The Labute approximate surface area is 63.8 Å². The average molecular weight is 153 g/mol. The van der Waals surface area contributed by atoms with Gasteiger partial charge >= 0.3 is 5.97 Å². The first-order chi connectivity index (χ1) is 5.34. The molecule has 0 unspecified atom stereocenters. The summed E-state index contributed by atoms with van der Waals surface area (Å²) >= 11 is 0. The van der Waals surface area contributed by atoms with Gasteiger partial charge in [-0.1, -0.05) is 0 Å². The minimum absolute atomic E-state index is 0.0810. The molecule has 1 rings (SSSR count). The number of allylic oxidation sites excluding steroid dienone is 1. The van der Waals surface area contributed by atoms with Crippen molar-refractivity contribution in [2.75, 3.05) is 7.11 Å². The van der Waals surface area contributed by atoms with E-state index in [-0.39, 0.29) is 5.76 Å². The van der Waals surface area contributed by atoms with Gasteiger partial charge in [-0.05, 0) is 6.08 Å². The van der Waals surface area contributed by atoms with Crippen molar-refractivity contribution in [1.82, 2.24) is 0 Å². The summed E-state index contributed by atoms with van der Waals surface area (Å²) in [5, 5.41) is 0. The van der Waals surface area contributed by atoms with Crippen LogP contribution in [0.4, 0.5) is 0 Å². The number of carbonyl (C=O) groups is 1. The summed E-state index contributed by atoms with van der Waals surface area (Å²) in [6, 6.07) is 0. The molecule has 11 heavy (non-hydrogen) atoms. The smallest absolute Gasteiger partial charge is 0.375 e. The topological polar surface area (TPSA) is 47.9 Å². The lowest BCUT2D eigenvalue weighted by atomic mass is 10.5. The zero-order valence-corrected chi connectivity index (χ0v) is 5.98. The van der Waals surface area contributed by atoms with Crippen molar-refractivity contribution < 1.29 is 14.3 Å². The van der Waals surface area contributed by atoms with Crippen molar-refractivity contribution in [1.29, 1.82) is 0 Å². The summed E-state index contributed by atoms with van der Waals surface area (Å²) in [6.07, 6.45) is 5.74. The number of hydrogen-bond donors (Lipinski definition) is 0. The number of ether oxygens (including phenoxy) is 2. The van der Waals surface area contributed by atoms with E-state index in [0.29, 0.717) is 0 Å². The van der Waals surface area contributed by atoms with Crippen molar-refractivity contribution in [3.8, 4) is 0 Å². The van der Waals surface area contributed by atoms with E-state index in [9.17, 15) is 4.79 Å². The minimum atomic E-state index is -0.534. The van der Waals surface area contributed by atoms with Gasteiger partial charge in [0.2, 0.25) is 5.76 Å². The summed E-state index contributed by atoms with van der Waals surface area (Å²) in [5.41, 5.74) is 0. The van der Waals surface area contributed by atoms with Crippen LogP contribution in [0.3, 0.4) is 0 Å². The van der Waals surface area contributed by atoms with Crippen molar-refractivity contribution >= 4 is 12.2 Å². The van der Waals surface area contributed by atoms with E-state index in [0.717, 1.165) is 0 Å². The molecule has 0 amide bonds. The molecule has 0 saturated heterocycles. The van der Waals surface area contributed by atoms with Crippen LogP contribution < -0.4 is 0 Å². The Kier molecular flexibility index (Phi) is 2.43. The van der Waals surface area contributed by atoms with Crippen molar-refractivity contribution in [2.24, 2.45) is 4.99 Å². The van der Waals surface area contributed by atoms with Crippen LogP contribution in [0.25, 0.3) is 0 Å². The maximum absolute atomic E-state index is 10.8. The van der Waals surface area contributed by atoms with Gasteiger partial charge in [0.25, 0.3) is 0 Å². The van der Waals surface area contributed by atoms with Crippen LogP contribution in [-0.4, -0.2) is 19.3 Å². The standard InChI is InChI=1S/C7H7NO3/c1-10-7(9)6-5-8-3-2-4-11-6/h2-5H,1H3. The van der Waals surface area contributed by atoms with Gasteiger partial charge in [0, 0.05) is 6.21 Å². The van der Waals surface area contributed by atoms with E-state index >= 15 is 0 Å². The van der Waals surface area contributed by atoms with E-state index in [1.165, 1.54) is 25.8 Å². The number of rotatable bonds is 1. The molecule has 4 nitrogen and oxygen atoms in total. The summed E-state index contributed by atoms with van der Waals surface area (Å²) < 4.78 is 9.24. The molecule has 0 bridgehead atoms. The predicted octanol–water partition coefficient (Wildman–Crippen LogP) is 0.615. The minimum Gasteiger partial charge on any atom is -0.463 e. The normalized spacial score (nSPS) is 14.8. The first kappa shape index (κ1) is 7.53. The molecule has 0 aromatic heterocycles. The monoisotopic (exact) mass is 153 g/mol. The van der Waals surface area contributed by atoms with E-state index in [1.54, 1.807) is 6.08 Å². The molecule has 1 aliphatic heterocycles. The number of aliphatic imine (C=N–C) groups is 1. The Morgan fingerprint density at radius 3 is 3.27 bits per heavy atom. The second-order valence-electron chi connectivity index (χ2n) is 1.73. The van der Waals surface area contributed by atoms with Crippen LogP contribution in [0, 0.1) is 0 Å². The SMILES string of the molecule is COC(=O)C1=CN=CC=CO1.